The summed E-state index contributed by atoms with van der Waals surface area (Å²) in [7, 11) is 0. The highest BCUT2D eigenvalue weighted by Crippen LogP contribution is 2.28. The van der Waals surface area contributed by atoms with Crippen molar-refractivity contribution in [2.45, 2.75) is 25.4 Å². The van der Waals surface area contributed by atoms with Crippen LogP contribution in [0.1, 0.15) is 28.8 Å². The Labute approximate surface area is 111 Å². The van der Waals surface area contributed by atoms with Crippen molar-refractivity contribution in [2.24, 2.45) is 5.84 Å². The molecule has 104 valence electrons. The second-order valence-electron chi connectivity index (χ2n) is 4.70. The zero-order chi connectivity index (χ0) is 13.8. The molecular weight excluding hydrogens is 249 g/mol. The topological polar surface area (TPSA) is 78.6 Å². The minimum absolute atomic E-state index is 0.0428. The number of nitrogens with two attached hydrogens (primary N) is 1. The van der Waals surface area contributed by atoms with Crippen molar-refractivity contribution in [3.63, 3.8) is 0 Å². The second kappa shape index (κ2) is 6.10. The Kier molecular flexibility index (Phi) is 4.47. The maximum atomic E-state index is 13.8. The number of aliphatic hydroxyl groups excluding tert-OH is 1. The van der Waals surface area contributed by atoms with Crippen LogP contribution in [-0.4, -0.2) is 35.1 Å². The molecule has 0 aliphatic heterocycles. The Bertz CT molecular complexity index is 463. The number of hydrogen-bond donors (Lipinski definition) is 3. The molecule has 1 fully saturated rings. The number of rotatable bonds is 6. The number of halogens is 1. The van der Waals surface area contributed by atoms with Gasteiger partial charge in [0.2, 0.25) is 0 Å². The third kappa shape index (κ3) is 3.50. The van der Waals surface area contributed by atoms with Crippen LogP contribution in [0, 0.1) is 5.82 Å². The predicted octanol–water partition coefficient (Wildman–Crippen LogP) is 0.386. The van der Waals surface area contributed by atoms with E-state index in [4.69, 9.17) is 10.9 Å². The Morgan fingerprint density at radius 3 is 2.84 bits per heavy atom. The number of hydrogen-bond acceptors (Lipinski definition) is 4. The van der Waals surface area contributed by atoms with Crippen molar-refractivity contribution >= 4 is 5.91 Å². The summed E-state index contributed by atoms with van der Waals surface area (Å²) in [4.78, 5) is 13.5. The van der Waals surface area contributed by atoms with Crippen molar-refractivity contribution in [2.75, 3.05) is 13.2 Å². The van der Waals surface area contributed by atoms with Gasteiger partial charge in [-0.15, -0.1) is 0 Å². The van der Waals surface area contributed by atoms with Crippen LogP contribution in [0.2, 0.25) is 0 Å². The van der Waals surface area contributed by atoms with Crippen molar-refractivity contribution in [3.8, 4) is 0 Å². The number of amides is 1. The Morgan fingerprint density at radius 1 is 1.53 bits per heavy atom. The van der Waals surface area contributed by atoms with Crippen molar-refractivity contribution < 1.29 is 14.3 Å². The molecule has 0 radical (unpaired) electrons. The van der Waals surface area contributed by atoms with Crippen LogP contribution in [0.5, 0.6) is 0 Å². The van der Waals surface area contributed by atoms with E-state index < -0.39 is 5.91 Å². The quantitative estimate of drug-likeness (QED) is 0.396. The van der Waals surface area contributed by atoms with Gasteiger partial charge in [0.1, 0.15) is 5.82 Å². The lowest BCUT2D eigenvalue weighted by atomic mass is 10.1. The Balaban J connectivity index is 2.15. The summed E-state index contributed by atoms with van der Waals surface area (Å²) >= 11 is 0. The highest BCUT2D eigenvalue weighted by atomic mass is 19.1. The zero-order valence-corrected chi connectivity index (χ0v) is 10.6. The molecule has 6 heteroatoms. The summed E-state index contributed by atoms with van der Waals surface area (Å²) in [6.45, 7) is 0.946. The highest BCUT2D eigenvalue weighted by Gasteiger charge is 2.29. The molecule has 0 saturated heterocycles. The fraction of sp³-hybridized carbons (Fsp3) is 0.462. The van der Waals surface area contributed by atoms with E-state index in [0.717, 1.165) is 12.8 Å². The molecule has 2 rings (SSSR count). The van der Waals surface area contributed by atoms with Crippen LogP contribution in [0.3, 0.4) is 0 Å². The summed E-state index contributed by atoms with van der Waals surface area (Å²) < 4.78 is 13.8. The molecule has 1 aromatic rings. The van der Waals surface area contributed by atoms with Gasteiger partial charge < -0.3 is 5.11 Å². The van der Waals surface area contributed by atoms with Crippen molar-refractivity contribution in [1.29, 1.82) is 0 Å². The molecule has 1 saturated carbocycles. The van der Waals surface area contributed by atoms with Crippen LogP contribution in [0.4, 0.5) is 4.39 Å². The normalized spacial score (nSPS) is 14.7. The van der Waals surface area contributed by atoms with Crippen molar-refractivity contribution in [3.05, 3.63) is 35.1 Å². The molecule has 1 aromatic carbocycles. The molecular formula is C13H18FN3O2. The molecule has 4 N–H and O–H groups in total. The Morgan fingerprint density at radius 2 is 2.26 bits per heavy atom. The molecule has 5 nitrogen and oxygen atoms in total. The number of aliphatic hydroxyl groups is 1. The number of carbonyl (C=O) groups is 1. The monoisotopic (exact) mass is 267 g/mol. The summed E-state index contributed by atoms with van der Waals surface area (Å²) in [6, 6.07) is 4.58. The first-order valence-corrected chi connectivity index (χ1v) is 6.30. The van der Waals surface area contributed by atoms with E-state index in [0.29, 0.717) is 30.3 Å². The fourth-order valence-electron chi connectivity index (χ4n) is 2.10. The average Bonchev–Trinajstić information content (AvgIpc) is 3.24. The fourth-order valence-corrected chi connectivity index (χ4v) is 2.10. The number of benzene rings is 1. The van der Waals surface area contributed by atoms with E-state index in [-0.39, 0.29) is 12.4 Å². The van der Waals surface area contributed by atoms with Crippen LogP contribution in [0.15, 0.2) is 18.2 Å². The van der Waals surface area contributed by atoms with E-state index in [2.05, 4.69) is 0 Å². The van der Waals surface area contributed by atoms with Gasteiger partial charge in [0.25, 0.3) is 5.91 Å². The van der Waals surface area contributed by atoms with Gasteiger partial charge in [0, 0.05) is 30.3 Å². The first-order chi connectivity index (χ1) is 9.15. The van der Waals surface area contributed by atoms with E-state index in [1.165, 1.54) is 18.2 Å². The lowest BCUT2D eigenvalue weighted by molar-refractivity contribution is 0.0953. The van der Waals surface area contributed by atoms with Gasteiger partial charge in [0.15, 0.2) is 0 Å². The molecule has 0 spiro atoms. The van der Waals surface area contributed by atoms with Gasteiger partial charge in [-0.1, -0.05) is 0 Å². The maximum absolute atomic E-state index is 13.8. The van der Waals surface area contributed by atoms with E-state index in [1.54, 1.807) is 0 Å². The maximum Gasteiger partial charge on any atom is 0.265 e. The van der Waals surface area contributed by atoms with E-state index in [9.17, 15) is 9.18 Å². The van der Waals surface area contributed by atoms with Crippen molar-refractivity contribution in [1.82, 2.24) is 10.3 Å². The highest BCUT2D eigenvalue weighted by molar-refractivity contribution is 5.93. The summed E-state index contributed by atoms with van der Waals surface area (Å²) in [5.74, 6) is 4.27. The first kappa shape index (κ1) is 13.9. The van der Waals surface area contributed by atoms with Gasteiger partial charge in [-0.3, -0.25) is 15.1 Å². The Hall–Kier alpha value is -1.50. The smallest absolute Gasteiger partial charge is 0.265 e. The molecule has 0 heterocycles. The number of carbonyl (C=O) groups excluding carboxylic acids is 1. The average molecular weight is 267 g/mol. The number of nitrogens with one attached hydrogen (secondary N) is 1. The van der Waals surface area contributed by atoms with Crippen LogP contribution in [-0.2, 0) is 6.54 Å². The molecule has 0 aromatic heterocycles. The number of nitrogens with zero attached hydrogens (tertiary/aromatic N) is 1. The molecule has 19 heavy (non-hydrogen) atoms. The lowest BCUT2D eigenvalue weighted by Crippen LogP contribution is -2.31. The van der Waals surface area contributed by atoms with E-state index >= 15 is 0 Å². The molecule has 1 aliphatic carbocycles. The van der Waals surface area contributed by atoms with Crippen LogP contribution < -0.4 is 11.3 Å². The third-order valence-electron chi connectivity index (χ3n) is 3.26. The summed E-state index contributed by atoms with van der Waals surface area (Å²) in [6.07, 6.45) is 2.15. The molecule has 0 atom stereocenters. The van der Waals surface area contributed by atoms with Gasteiger partial charge in [-0.25, -0.2) is 10.2 Å². The summed E-state index contributed by atoms with van der Waals surface area (Å²) in [5, 5.41) is 9.03. The zero-order valence-electron chi connectivity index (χ0n) is 10.6. The van der Waals surface area contributed by atoms with Gasteiger partial charge >= 0.3 is 0 Å². The number of nitrogen functional groups attached to an aromatic ring is 1. The minimum Gasteiger partial charge on any atom is -0.395 e. The molecule has 1 amide bonds. The van der Waals surface area contributed by atoms with Gasteiger partial charge in [-0.2, -0.15) is 0 Å². The SMILES string of the molecule is NNC(=O)c1ccc(F)c(CN(CCO)C2CC2)c1. The van der Waals surface area contributed by atoms with Crippen LogP contribution in [0.25, 0.3) is 0 Å². The second-order valence-corrected chi connectivity index (χ2v) is 4.70. The first-order valence-electron chi connectivity index (χ1n) is 6.30. The predicted molar refractivity (Wildman–Crippen MR) is 68.6 cm³/mol. The van der Waals surface area contributed by atoms with E-state index in [1.807, 2.05) is 10.3 Å². The summed E-state index contributed by atoms with van der Waals surface area (Å²) in [5.41, 5.74) is 2.80. The number of hydrazine groups is 1. The minimum atomic E-state index is -0.443. The third-order valence-corrected chi connectivity index (χ3v) is 3.26. The van der Waals surface area contributed by atoms with Gasteiger partial charge in [-0.05, 0) is 31.0 Å². The lowest BCUT2D eigenvalue weighted by Gasteiger charge is -2.21. The standard InChI is InChI=1S/C13H18FN3O2/c14-12-4-1-9(13(19)16-15)7-10(12)8-17(5-6-18)11-2-3-11/h1,4,7,11,18H,2-3,5-6,8,15H2,(H,16,19). The largest absolute Gasteiger partial charge is 0.395 e. The van der Waals surface area contributed by atoms with Gasteiger partial charge in [0.05, 0.1) is 6.61 Å². The molecule has 0 unspecified atom stereocenters. The molecule has 1 aliphatic rings. The molecule has 0 bridgehead atoms. The van der Waals surface area contributed by atoms with Crippen LogP contribution >= 0.6 is 0 Å².